The maximum Gasteiger partial charge on any atom is 0.314 e. The number of primary amides is 2. The first-order chi connectivity index (χ1) is 23.6. The van der Waals surface area contributed by atoms with Gasteiger partial charge < -0.3 is 63.0 Å². The number of hydrogen-bond acceptors (Lipinski definition) is 12. The molecule has 14 N–H and O–H groups in total. The van der Waals surface area contributed by atoms with Crippen molar-refractivity contribution >= 4 is 171 Å². The number of carboxylic acids is 2. The van der Waals surface area contributed by atoms with E-state index in [9.17, 15) is 49.2 Å². The van der Waals surface area contributed by atoms with Crippen molar-refractivity contribution in [2.24, 2.45) is 11.5 Å². The lowest BCUT2D eigenvalue weighted by Gasteiger charge is -2.17. The highest BCUT2D eigenvalue weighted by Crippen LogP contribution is 2.33. The van der Waals surface area contributed by atoms with Gasteiger partial charge in [0.15, 0.2) is 0 Å². The van der Waals surface area contributed by atoms with Crippen molar-refractivity contribution in [1.29, 1.82) is 0 Å². The predicted octanol–water partition coefficient (Wildman–Crippen LogP) is -0.105. The van der Waals surface area contributed by atoms with E-state index in [1.165, 1.54) is 0 Å². The van der Waals surface area contributed by atoms with Gasteiger partial charge in [-0.3, -0.25) is 28.8 Å². The van der Waals surface area contributed by atoms with Crippen molar-refractivity contribution < 1.29 is 69.6 Å². The van der Waals surface area contributed by atoms with Gasteiger partial charge in [0.1, 0.15) is 6.42 Å². The zero-order chi connectivity index (χ0) is 39.9. The van der Waals surface area contributed by atoms with Crippen LogP contribution in [0.3, 0.4) is 0 Å². The summed E-state index contributed by atoms with van der Waals surface area (Å²) in [4.78, 5) is 66.7. The fourth-order valence-electron chi connectivity index (χ4n) is 3.40. The first kappa shape index (κ1) is 50.4. The summed E-state index contributed by atoms with van der Waals surface area (Å²) in [6.45, 7) is -1.90. The topological polar surface area (TPSA) is 340 Å². The Labute approximate surface area is 371 Å². The highest BCUT2D eigenvalue weighted by Gasteiger charge is 2.28. The van der Waals surface area contributed by atoms with Crippen molar-refractivity contribution in [2.45, 2.75) is 31.8 Å². The Morgan fingerprint density at radius 3 is 1.00 bits per heavy atom. The predicted molar refractivity (Wildman–Crippen MR) is 229 cm³/mol. The van der Waals surface area contributed by atoms with Crippen molar-refractivity contribution in [1.82, 2.24) is 10.6 Å². The van der Waals surface area contributed by atoms with E-state index < -0.39 is 67.4 Å². The number of hydrogen-bond donors (Lipinski definition) is 12. The van der Waals surface area contributed by atoms with E-state index in [0.29, 0.717) is 32.5 Å². The summed E-state index contributed by atoms with van der Waals surface area (Å²) in [5, 5.41) is 75.5. The number of amides is 4. The number of carboxylic acid groups (broad SMARTS) is 2. The quantitative estimate of drug-likeness (QED) is 0.0869. The fourth-order valence-corrected chi connectivity index (χ4v) is 12.5. The van der Waals surface area contributed by atoms with E-state index in [0.717, 1.165) is 0 Å². The van der Waals surface area contributed by atoms with Gasteiger partial charge in [-0.1, -0.05) is 0 Å². The summed E-state index contributed by atoms with van der Waals surface area (Å²) in [7, 11) is 0. The Morgan fingerprint density at radius 2 is 0.804 bits per heavy atom. The van der Waals surface area contributed by atoms with Gasteiger partial charge in [0.25, 0.3) is 23.6 Å². The third-order valence-corrected chi connectivity index (χ3v) is 12.7. The Kier molecular flexibility index (Phi) is 24.4. The highest BCUT2D eigenvalue weighted by molar-refractivity contribution is 14.1. The Hall–Kier alpha value is -0.600. The molecule has 0 aliphatic heterocycles. The standard InChI is InChI=1S/2C12H13I3N2O5.C3H4O4/c2*13-8-5(3-19)9(14)7(10(15)6(8)11(16)21)12(22)17-1-4(20)2-18;4-2(5)1-3(6)7/h2*4,18-20H,1-3H2,(H2,16,21)(H,17,22);1H2,(H,4,5)(H,6,7). The van der Waals surface area contributed by atoms with Gasteiger partial charge in [-0.25, -0.2) is 0 Å². The molecule has 284 valence electrons. The van der Waals surface area contributed by atoms with Gasteiger partial charge in [-0.2, -0.15) is 0 Å². The van der Waals surface area contributed by atoms with Crippen LogP contribution in [0.5, 0.6) is 0 Å². The normalized spacial score (nSPS) is 11.5. The summed E-state index contributed by atoms with van der Waals surface area (Å²) in [6.07, 6.45) is -2.95. The number of nitrogens with two attached hydrogens (primary N) is 2. The molecule has 0 saturated heterocycles. The first-order valence-electron chi connectivity index (χ1n) is 13.4. The third kappa shape index (κ3) is 15.2. The molecule has 24 heteroatoms. The summed E-state index contributed by atoms with van der Waals surface area (Å²) < 4.78 is 2.80. The molecule has 0 spiro atoms. The number of aliphatic hydroxyl groups excluding tert-OH is 6. The molecule has 0 aliphatic carbocycles. The lowest BCUT2D eigenvalue weighted by atomic mass is 10.0. The Bertz CT molecular complexity index is 1530. The second kappa shape index (κ2) is 24.7. The molecule has 51 heavy (non-hydrogen) atoms. The molecule has 18 nitrogen and oxygen atoms in total. The minimum absolute atomic E-state index is 0.131. The van der Waals surface area contributed by atoms with E-state index in [1.807, 2.05) is 136 Å². The van der Waals surface area contributed by atoms with Crippen LogP contribution in [-0.2, 0) is 22.8 Å². The van der Waals surface area contributed by atoms with Crippen LogP contribution in [0.1, 0.15) is 59.0 Å². The monoisotopic (exact) mass is 1400 g/mol. The highest BCUT2D eigenvalue weighted by atomic mass is 127. The maximum absolute atomic E-state index is 12.3. The molecule has 2 atom stereocenters. The van der Waals surface area contributed by atoms with E-state index >= 15 is 0 Å². The number of aliphatic carboxylic acids is 2. The largest absolute Gasteiger partial charge is 0.481 e. The van der Waals surface area contributed by atoms with Crippen molar-refractivity contribution in [3.63, 3.8) is 0 Å². The average Bonchev–Trinajstić information content (AvgIpc) is 3.02. The van der Waals surface area contributed by atoms with Crippen LogP contribution in [-0.4, -0.2) is 115 Å². The lowest BCUT2D eigenvalue weighted by molar-refractivity contribution is -0.147. The zero-order valence-electron chi connectivity index (χ0n) is 25.6. The Balaban J connectivity index is 0.000000827. The summed E-state index contributed by atoms with van der Waals surface area (Å²) >= 11 is 11.4. The molecule has 0 saturated carbocycles. The van der Waals surface area contributed by atoms with Crippen molar-refractivity contribution in [2.75, 3.05) is 26.3 Å². The van der Waals surface area contributed by atoms with Crippen LogP contribution in [0.2, 0.25) is 0 Å². The van der Waals surface area contributed by atoms with Crippen LogP contribution in [0.4, 0.5) is 0 Å². The van der Waals surface area contributed by atoms with Gasteiger partial charge in [0, 0.05) is 45.6 Å². The first-order valence-corrected chi connectivity index (χ1v) is 19.9. The van der Waals surface area contributed by atoms with E-state index in [2.05, 4.69) is 10.6 Å². The summed E-state index contributed by atoms with van der Waals surface area (Å²) in [6, 6.07) is 0. The van der Waals surface area contributed by atoms with Gasteiger partial charge in [0.05, 0.1) is 60.9 Å². The van der Waals surface area contributed by atoms with Crippen LogP contribution >= 0.6 is 136 Å². The molecule has 0 bridgehead atoms. The van der Waals surface area contributed by atoms with Crippen molar-refractivity contribution in [3.05, 3.63) is 54.8 Å². The van der Waals surface area contributed by atoms with E-state index in [-0.39, 0.29) is 48.6 Å². The summed E-state index contributed by atoms with van der Waals surface area (Å²) in [5.41, 5.74) is 12.4. The van der Waals surface area contributed by atoms with Gasteiger partial charge in [-0.05, 0) is 136 Å². The number of nitrogens with one attached hydrogen (secondary N) is 2. The molecule has 0 aliphatic rings. The number of carbonyl (C=O) groups excluding carboxylic acids is 4. The molecule has 0 fully saturated rings. The molecule has 2 aromatic carbocycles. The van der Waals surface area contributed by atoms with Gasteiger partial charge in [-0.15, -0.1) is 0 Å². The van der Waals surface area contributed by atoms with Crippen LogP contribution < -0.4 is 22.1 Å². The smallest absolute Gasteiger partial charge is 0.314 e. The van der Waals surface area contributed by atoms with Gasteiger partial charge in [0.2, 0.25) is 0 Å². The Morgan fingerprint density at radius 1 is 0.529 bits per heavy atom. The fraction of sp³-hybridized carbons (Fsp3) is 0.333. The molecule has 0 aromatic heterocycles. The molecule has 2 rings (SSSR count). The number of rotatable bonds is 14. The molecule has 4 amide bonds. The van der Waals surface area contributed by atoms with Gasteiger partial charge >= 0.3 is 11.9 Å². The number of carbonyl (C=O) groups is 6. The molecule has 0 heterocycles. The van der Waals surface area contributed by atoms with Crippen LogP contribution in [0.25, 0.3) is 0 Å². The van der Waals surface area contributed by atoms with E-state index in [4.69, 9.17) is 31.9 Å². The maximum atomic E-state index is 12.3. The number of halogens is 6. The lowest BCUT2D eigenvalue weighted by Crippen LogP contribution is -2.35. The minimum Gasteiger partial charge on any atom is -0.481 e. The van der Waals surface area contributed by atoms with Crippen LogP contribution in [0.15, 0.2) is 0 Å². The number of aliphatic hydroxyl groups is 6. The molecule has 2 unspecified atom stereocenters. The molecule has 0 radical (unpaired) electrons. The summed E-state index contributed by atoms with van der Waals surface area (Å²) in [5.74, 6) is -5.04. The zero-order valence-corrected chi connectivity index (χ0v) is 38.5. The molecule has 2 aromatic rings. The second-order valence-electron chi connectivity index (χ2n) is 9.44. The number of benzene rings is 2. The van der Waals surface area contributed by atoms with E-state index in [1.54, 1.807) is 0 Å². The molecular weight excluding hydrogens is 1370 g/mol. The molecular formula is C27H30I6N4O14. The minimum atomic E-state index is -1.31. The van der Waals surface area contributed by atoms with Crippen LogP contribution in [0, 0.1) is 21.4 Å². The van der Waals surface area contributed by atoms with Crippen molar-refractivity contribution in [3.8, 4) is 0 Å². The second-order valence-corrected chi connectivity index (χ2v) is 15.9. The SMILES string of the molecule is NC(=O)c1c(I)c(CO)c(I)c(C(=O)NCC(O)CO)c1I.NC(=O)c1c(I)c(CO)c(I)c(C(=O)NCC(O)CO)c1I.O=C(O)CC(=O)O. The third-order valence-electron chi connectivity index (χ3n) is 5.80. The average molecular weight is 1400 g/mol.